The van der Waals surface area contributed by atoms with Gasteiger partial charge in [0.05, 0.1) is 0 Å². The molecule has 27 heavy (non-hydrogen) atoms. The van der Waals surface area contributed by atoms with Gasteiger partial charge in [-0.15, -0.1) is 0 Å². The average molecular weight is 385 g/mol. The fourth-order valence-corrected chi connectivity index (χ4v) is 2.58. The fraction of sp³-hybridized carbons (Fsp3) is 0.150. The normalized spacial score (nSPS) is 10.5. The monoisotopic (exact) mass is 384 g/mol. The van der Waals surface area contributed by atoms with Crippen LogP contribution in [-0.4, -0.2) is 15.9 Å². The van der Waals surface area contributed by atoms with E-state index in [1.165, 1.54) is 6.07 Å². The van der Waals surface area contributed by atoms with Gasteiger partial charge in [-0.3, -0.25) is 4.79 Å². The highest BCUT2D eigenvalue weighted by Crippen LogP contribution is 2.12. The molecule has 3 aromatic rings. The SMILES string of the molecule is Cc1cc(C(=O)NCc2ccccc2F)nc(NCc2ccc(Cl)cc2)n1. The summed E-state index contributed by atoms with van der Waals surface area (Å²) in [5.41, 5.74) is 2.30. The Kier molecular flexibility index (Phi) is 5.98. The van der Waals surface area contributed by atoms with Crippen molar-refractivity contribution >= 4 is 23.5 Å². The maximum atomic E-state index is 13.7. The van der Waals surface area contributed by atoms with Crippen molar-refractivity contribution in [3.63, 3.8) is 0 Å². The predicted octanol–water partition coefficient (Wildman–Crippen LogP) is 4.12. The van der Waals surface area contributed by atoms with Crippen LogP contribution < -0.4 is 10.6 Å². The van der Waals surface area contributed by atoms with Gasteiger partial charge in [0.1, 0.15) is 11.5 Å². The molecular weight excluding hydrogens is 367 g/mol. The fourth-order valence-electron chi connectivity index (χ4n) is 2.46. The van der Waals surface area contributed by atoms with Crippen molar-refractivity contribution in [2.75, 3.05) is 5.32 Å². The number of rotatable bonds is 6. The van der Waals surface area contributed by atoms with Crippen LogP contribution in [0.4, 0.5) is 10.3 Å². The number of aromatic nitrogens is 2. The van der Waals surface area contributed by atoms with Gasteiger partial charge in [-0.05, 0) is 36.8 Å². The zero-order valence-electron chi connectivity index (χ0n) is 14.7. The number of carbonyl (C=O) groups excluding carboxylic acids is 1. The van der Waals surface area contributed by atoms with Gasteiger partial charge in [0.15, 0.2) is 0 Å². The molecule has 1 heterocycles. The molecular formula is C20H18ClFN4O. The molecule has 2 aromatic carbocycles. The number of hydrogen-bond donors (Lipinski definition) is 2. The number of aryl methyl sites for hydroxylation is 1. The van der Waals surface area contributed by atoms with Crippen LogP contribution >= 0.6 is 11.6 Å². The van der Waals surface area contributed by atoms with Crippen molar-refractivity contribution in [3.8, 4) is 0 Å². The number of nitrogens with zero attached hydrogens (tertiary/aromatic N) is 2. The molecule has 0 aliphatic carbocycles. The lowest BCUT2D eigenvalue weighted by atomic mass is 10.2. The van der Waals surface area contributed by atoms with E-state index in [0.717, 1.165) is 5.56 Å². The highest BCUT2D eigenvalue weighted by Gasteiger charge is 2.11. The summed E-state index contributed by atoms with van der Waals surface area (Å²) in [6.07, 6.45) is 0. The summed E-state index contributed by atoms with van der Waals surface area (Å²) < 4.78 is 13.7. The molecule has 3 rings (SSSR count). The molecule has 0 bridgehead atoms. The Labute approximate surface area is 161 Å². The molecule has 0 saturated heterocycles. The lowest BCUT2D eigenvalue weighted by molar-refractivity contribution is 0.0945. The smallest absolute Gasteiger partial charge is 0.270 e. The highest BCUT2D eigenvalue weighted by molar-refractivity contribution is 6.30. The first-order chi connectivity index (χ1) is 13.0. The van der Waals surface area contributed by atoms with Gasteiger partial charge in [0, 0.05) is 29.4 Å². The number of halogens is 2. The second-order valence-corrected chi connectivity index (χ2v) is 6.41. The van der Waals surface area contributed by atoms with E-state index >= 15 is 0 Å². The second-order valence-electron chi connectivity index (χ2n) is 5.97. The average Bonchev–Trinajstić information content (AvgIpc) is 2.66. The molecule has 0 radical (unpaired) electrons. The predicted molar refractivity (Wildman–Crippen MR) is 103 cm³/mol. The van der Waals surface area contributed by atoms with Crippen LogP contribution in [0.1, 0.15) is 27.3 Å². The summed E-state index contributed by atoms with van der Waals surface area (Å²) in [7, 11) is 0. The topological polar surface area (TPSA) is 66.9 Å². The van der Waals surface area contributed by atoms with E-state index in [-0.39, 0.29) is 18.1 Å². The van der Waals surface area contributed by atoms with Gasteiger partial charge in [0.25, 0.3) is 5.91 Å². The largest absolute Gasteiger partial charge is 0.350 e. The Morgan fingerprint density at radius 1 is 1.07 bits per heavy atom. The molecule has 0 spiro atoms. The van der Waals surface area contributed by atoms with E-state index in [9.17, 15) is 9.18 Å². The molecule has 0 saturated carbocycles. The Balaban J connectivity index is 1.66. The van der Waals surface area contributed by atoms with Crippen LogP contribution in [0.5, 0.6) is 0 Å². The summed E-state index contributed by atoms with van der Waals surface area (Å²) in [6.45, 7) is 2.36. The maximum Gasteiger partial charge on any atom is 0.270 e. The van der Waals surface area contributed by atoms with E-state index in [0.29, 0.717) is 28.8 Å². The summed E-state index contributed by atoms with van der Waals surface area (Å²) in [5.74, 6) is -0.402. The molecule has 2 N–H and O–H groups in total. The summed E-state index contributed by atoms with van der Waals surface area (Å²) in [5, 5.41) is 6.44. The van der Waals surface area contributed by atoms with E-state index in [4.69, 9.17) is 11.6 Å². The van der Waals surface area contributed by atoms with Crippen LogP contribution in [0, 0.1) is 12.7 Å². The van der Waals surface area contributed by atoms with Crippen molar-refractivity contribution in [2.45, 2.75) is 20.0 Å². The molecule has 0 unspecified atom stereocenters. The zero-order valence-corrected chi connectivity index (χ0v) is 15.4. The molecule has 0 atom stereocenters. The van der Waals surface area contributed by atoms with Gasteiger partial charge in [-0.25, -0.2) is 14.4 Å². The summed E-state index contributed by atoms with van der Waals surface area (Å²) in [4.78, 5) is 20.9. The van der Waals surface area contributed by atoms with Crippen molar-refractivity contribution < 1.29 is 9.18 Å². The van der Waals surface area contributed by atoms with Crippen LogP contribution in [0.2, 0.25) is 5.02 Å². The van der Waals surface area contributed by atoms with Gasteiger partial charge in [-0.1, -0.05) is 41.9 Å². The minimum atomic E-state index is -0.390. The van der Waals surface area contributed by atoms with Gasteiger partial charge in [0.2, 0.25) is 5.95 Å². The summed E-state index contributed by atoms with van der Waals surface area (Å²) >= 11 is 5.88. The minimum absolute atomic E-state index is 0.0854. The minimum Gasteiger partial charge on any atom is -0.350 e. The first kappa shape index (κ1) is 18.8. The zero-order chi connectivity index (χ0) is 19.2. The van der Waals surface area contributed by atoms with Crippen molar-refractivity contribution in [2.24, 2.45) is 0 Å². The lowest BCUT2D eigenvalue weighted by Gasteiger charge is -2.09. The van der Waals surface area contributed by atoms with Gasteiger partial charge >= 0.3 is 0 Å². The first-order valence-corrected chi connectivity index (χ1v) is 8.74. The molecule has 0 fully saturated rings. The molecule has 138 valence electrons. The van der Waals surface area contributed by atoms with Crippen LogP contribution in [0.25, 0.3) is 0 Å². The third-order valence-electron chi connectivity index (χ3n) is 3.85. The van der Waals surface area contributed by atoms with Gasteiger partial charge < -0.3 is 10.6 Å². The number of carbonyl (C=O) groups is 1. The van der Waals surface area contributed by atoms with Crippen LogP contribution in [0.15, 0.2) is 54.6 Å². The van der Waals surface area contributed by atoms with E-state index in [2.05, 4.69) is 20.6 Å². The van der Waals surface area contributed by atoms with E-state index in [1.54, 1.807) is 43.3 Å². The van der Waals surface area contributed by atoms with Crippen LogP contribution in [-0.2, 0) is 13.1 Å². The molecule has 1 amide bonds. The van der Waals surface area contributed by atoms with Crippen molar-refractivity contribution in [1.29, 1.82) is 0 Å². The third kappa shape index (κ3) is 5.24. The molecule has 5 nitrogen and oxygen atoms in total. The molecule has 7 heteroatoms. The molecule has 0 aliphatic heterocycles. The number of benzene rings is 2. The Morgan fingerprint density at radius 2 is 1.81 bits per heavy atom. The standard InChI is InChI=1S/C20H18ClFN4O/c1-13-10-18(19(27)23-12-15-4-2-3-5-17(15)22)26-20(25-13)24-11-14-6-8-16(21)9-7-14/h2-10H,11-12H2,1H3,(H,23,27)(H,24,25,26). The Hall–Kier alpha value is -2.99. The maximum absolute atomic E-state index is 13.7. The number of hydrogen-bond acceptors (Lipinski definition) is 4. The Bertz CT molecular complexity index is 947. The van der Waals surface area contributed by atoms with E-state index in [1.807, 2.05) is 12.1 Å². The highest BCUT2D eigenvalue weighted by atomic mass is 35.5. The van der Waals surface area contributed by atoms with Crippen molar-refractivity contribution in [3.05, 3.63) is 88.0 Å². The first-order valence-electron chi connectivity index (χ1n) is 8.37. The number of nitrogens with one attached hydrogen (secondary N) is 2. The molecule has 0 aliphatic rings. The van der Waals surface area contributed by atoms with Gasteiger partial charge in [-0.2, -0.15) is 0 Å². The Morgan fingerprint density at radius 3 is 2.56 bits per heavy atom. The van der Waals surface area contributed by atoms with Crippen LogP contribution in [0.3, 0.4) is 0 Å². The second kappa shape index (κ2) is 8.60. The molecule has 1 aromatic heterocycles. The lowest BCUT2D eigenvalue weighted by Crippen LogP contribution is -2.25. The van der Waals surface area contributed by atoms with E-state index < -0.39 is 5.91 Å². The quantitative estimate of drug-likeness (QED) is 0.671. The summed E-state index contributed by atoms with van der Waals surface area (Å²) in [6, 6.07) is 15.3. The third-order valence-corrected chi connectivity index (χ3v) is 4.10. The number of anilines is 1. The number of amides is 1. The van der Waals surface area contributed by atoms with Crippen molar-refractivity contribution in [1.82, 2.24) is 15.3 Å².